The number of hydrogen-bond donors (Lipinski definition) is 1. The van der Waals surface area contributed by atoms with Gasteiger partial charge in [0.1, 0.15) is 5.65 Å². The summed E-state index contributed by atoms with van der Waals surface area (Å²) in [5.74, 6) is -0.00313. The van der Waals surface area contributed by atoms with E-state index in [-0.39, 0.29) is 5.91 Å². The molecule has 3 rings (SSSR count). The van der Waals surface area contributed by atoms with Crippen molar-refractivity contribution >= 4 is 16.9 Å². The van der Waals surface area contributed by atoms with Crippen LogP contribution < -0.4 is 5.32 Å². The van der Waals surface area contributed by atoms with E-state index in [0.717, 1.165) is 41.7 Å². The highest BCUT2D eigenvalue weighted by molar-refractivity contribution is 5.95. The molecule has 0 aliphatic heterocycles. The largest absolute Gasteiger partial charge is 0.352 e. The van der Waals surface area contributed by atoms with Gasteiger partial charge in [0, 0.05) is 36.4 Å². The van der Waals surface area contributed by atoms with Crippen molar-refractivity contribution in [3.63, 3.8) is 0 Å². The Morgan fingerprint density at radius 2 is 2.08 bits per heavy atom. The van der Waals surface area contributed by atoms with Gasteiger partial charge >= 0.3 is 0 Å². The minimum Gasteiger partial charge on any atom is -0.352 e. The summed E-state index contributed by atoms with van der Waals surface area (Å²) >= 11 is 0. The minimum atomic E-state index is -0.00313. The zero-order valence-electron chi connectivity index (χ0n) is 15.2. The molecule has 25 heavy (non-hydrogen) atoms. The third-order valence-corrected chi connectivity index (χ3v) is 4.50. The average Bonchev–Trinajstić information content (AvgIpc) is 2.95. The highest BCUT2D eigenvalue weighted by Gasteiger charge is 2.11. The van der Waals surface area contributed by atoms with Gasteiger partial charge in [-0.3, -0.25) is 4.79 Å². The molecule has 0 radical (unpaired) electrons. The van der Waals surface area contributed by atoms with Crippen LogP contribution in [0, 0.1) is 13.8 Å². The van der Waals surface area contributed by atoms with E-state index < -0.39 is 0 Å². The molecule has 0 saturated carbocycles. The van der Waals surface area contributed by atoms with Crippen LogP contribution >= 0.6 is 0 Å². The van der Waals surface area contributed by atoms with Crippen molar-refractivity contribution in [2.24, 2.45) is 0 Å². The maximum atomic E-state index is 12.5. The van der Waals surface area contributed by atoms with Crippen LogP contribution in [-0.2, 0) is 13.0 Å². The average molecular weight is 335 g/mol. The number of aromatic nitrogens is 2. The summed E-state index contributed by atoms with van der Waals surface area (Å²) in [4.78, 5) is 17.0. The second-order valence-electron chi connectivity index (χ2n) is 6.55. The Hall–Kier alpha value is -2.62. The van der Waals surface area contributed by atoms with Gasteiger partial charge in [0.25, 0.3) is 5.91 Å². The molecular formula is C21H25N3O. The molecule has 0 spiro atoms. The lowest BCUT2D eigenvalue weighted by Crippen LogP contribution is -2.26. The molecule has 4 nitrogen and oxygen atoms in total. The molecule has 1 amide bonds. The fourth-order valence-corrected chi connectivity index (χ4v) is 3.19. The Morgan fingerprint density at radius 1 is 1.24 bits per heavy atom. The van der Waals surface area contributed by atoms with Gasteiger partial charge in [-0.1, -0.05) is 24.6 Å². The lowest BCUT2D eigenvalue weighted by Gasteiger charge is -2.08. The van der Waals surface area contributed by atoms with Crippen LogP contribution in [0.5, 0.6) is 0 Å². The summed E-state index contributed by atoms with van der Waals surface area (Å²) in [5.41, 5.74) is 5.13. The molecule has 0 aliphatic rings. The van der Waals surface area contributed by atoms with Crippen molar-refractivity contribution in [2.75, 3.05) is 6.54 Å². The SMILES string of the molecule is CCCn1cc(CCNC(=O)c2cc(C)ccc2C)c2cccnc21. The third-order valence-electron chi connectivity index (χ3n) is 4.50. The standard InChI is InChI=1S/C21H25N3O/c1-4-12-24-14-17(18-6-5-10-22-20(18)24)9-11-23-21(25)19-13-15(2)7-8-16(19)3/h5-8,10,13-14H,4,9,11-12H2,1-3H3,(H,23,25). The summed E-state index contributed by atoms with van der Waals surface area (Å²) in [6.07, 6.45) is 5.88. The van der Waals surface area contributed by atoms with E-state index in [0.29, 0.717) is 6.54 Å². The number of amides is 1. The molecule has 3 aromatic rings. The van der Waals surface area contributed by atoms with Gasteiger partial charge in [0.2, 0.25) is 0 Å². The van der Waals surface area contributed by atoms with Gasteiger partial charge in [-0.05, 0) is 56.0 Å². The monoisotopic (exact) mass is 335 g/mol. The number of hydrogen-bond acceptors (Lipinski definition) is 2. The molecule has 1 aromatic carbocycles. The van der Waals surface area contributed by atoms with E-state index in [1.54, 1.807) is 0 Å². The van der Waals surface area contributed by atoms with Crippen LogP contribution in [0.15, 0.2) is 42.7 Å². The second kappa shape index (κ2) is 7.51. The van der Waals surface area contributed by atoms with E-state index in [9.17, 15) is 4.79 Å². The number of aryl methyl sites for hydroxylation is 3. The molecule has 4 heteroatoms. The van der Waals surface area contributed by atoms with E-state index in [4.69, 9.17) is 0 Å². The Kier molecular flexibility index (Phi) is 5.17. The molecule has 1 N–H and O–H groups in total. The smallest absolute Gasteiger partial charge is 0.251 e. The number of rotatable bonds is 6. The molecule has 0 bridgehead atoms. The predicted molar refractivity (Wildman–Crippen MR) is 102 cm³/mol. The topological polar surface area (TPSA) is 46.9 Å². The first-order valence-electron chi connectivity index (χ1n) is 8.88. The first kappa shape index (κ1) is 17.2. The van der Waals surface area contributed by atoms with E-state index in [2.05, 4.69) is 34.1 Å². The summed E-state index contributed by atoms with van der Waals surface area (Å²) in [5, 5.41) is 4.23. The minimum absolute atomic E-state index is 0.00313. The normalized spacial score (nSPS) is 11.0. The Bertz CT molecular complexity index is 895. The van der Waals surface area contributed by atoms with E-state index in [1.165, 1.54) is 10.9 Å². The van der Waals surface area contributed by atoms with Gasteiger partial charge in [0.15, 0.2) is 0 Å². The van der Waals surface area contributed by atoms with Crippen molar-refractivity contribution in [2.45, 2.75) is 40.2 Å². The lowest BCUT2D eigenvalue weighted by molar-refractivity contribution is 0.0953. The second-order valence-corrected chi connectivity index (χ2v) is 6.55. The Morgan fingerprint density at radius 3 is 2.88 bits per heavy atom. The molecule has 2 heterocycles. The molecule has 130 valence electrons. The fraction of sp³-hybridized carbons (Fsp3) is 0.333. The van der Waals surface area contributed by atoms with Crippen LogP contribution in [0.25, 0.3) is 11.0 Å². The number of nitrogens with zero attached hydrogens (tertiary/aromatic N) is 2. The first-order valence-corrected chi connectivity index (χ1v) is 8.88. The number of fused-ring (bicyclic) bond motifs is 1. The Labute approximate surface area is 148 Å². The molecule has 0 aliphatic carbocycles. The molecule has 0 atom stereocenters. The van der Waals surface area contributed by atoms with Crippen molar-refractivity contribution in [3.8, 4) is 0 Å². The van der Waals surface area contributed by atoms with Crippen molar-refractivity contribution in [1.82, 2.24) is 14.9 Å². The van der Waals surface area contributed by atoms with Crippen molar-refractivity contribution in [3.05, 3.63) is 65.0 Å². The number of pyridine rings is 1. The predicted octanol–water partition coefficient (Wildman–Crippen LogP) is 4.04. The van der Waals surface area contributed by atoms with Gasteiger partial charge in [0.05, 0.1) is 0 Å². The molecule has 0 fully saturated rings. The molecule has 0 unspecified atom stereocenters. The quantitative estimate of drug-likeness (QED) is 0.739. The summed E-state index contributed by atoms with van der Waals surface area (Å²) in [7, 11) is 0. The third kappa shape index (κ3) is 3.73. The van der Waals surface area contributed by atoms with Gasteiger partial charge in [-0.15, -0.1) is 0 Å². The van der Waals surface area contributed by atoms with Crippen molar-refractivity contribution in [1.29, 1.82) is 0 Å². The summed E-state index contributed by atoms with van der Waals surface area (Å²) in [6, 6.07) is 10.0. The number of benzene rings is 1. The van der Waals surface area contributed by atoms with E-state index in [1.807, 2.05) is 44.3 Å². The van der Waals surface area contributed by atoms with E-state index >= 15 is 0 Å². The van der Waals surface area contributed by atoms with Gasteiger partial charge in [-0.2, -0.15) is 0 Å². The van der Waals surface area contributed by atoms with Crippen LogP contribution in [0.1, 0.15) is 40.4 Å². The summed E-state index contributed by atoms with van der Waals surface area (Å²) in [6.45, 7) is 7.72. The summed E-state index contributed by atoms with van der Waals surface area (Å²) < 4.78 is 2.21. The lowest BCUT2D eigenvalue weighted by atomic mass is 10.0. The molecule has 0 saturated heterocycles. The highest BCUT2D eigenvalue weighted by Crippen LogP contribution is 2.20. The van der Waals surface area contributed by atoms with Gasteiger partial charge < -0.3 is 9.88 Å². The van der Waals surface area contributed by atoms with Crippen LogP contribution in [0.3, 0.4) is 0 Å². The number of carbonyl (C=O) groups excluding carboxylic acids is 1. The number of carbonyl (C=O) groups is 1. The molecule has 2 aromatic heterocycles. The zero-order chi connectivity index (χ0) is 17.8. The van der Waals surface area contributed by atoms with Gasteiger partial charge in [-0.25, -0.2) is 4.98 Å². The maximum absolute atomic E-state index is 12.5. The first-order chi connectivity index (χ1) is 12.1. The fourth-order valence-electron chi connectivity index (χ4n) is 3.19. The van der Waals surface area contributed by atoms with Crippen LogP contribution in [0.2, 0.25) is 0 Å². The zero-order valence-corrected chi connectivity index (χ0v) is 15.2. The highest BCUT2D eigenvalue weighted by atomic mass is 16.1. The van der Waals surface area contributed by atoms with Crippen LogP contribution in [0.4, 0.5) is 0 Å². The van der Waals surface area contributed by atoms with Crippen molar-refractivity contribution < 1.29 is 4.79 Å². The Balaban J connectivity index is 1.71. The van der Waals surface area contributed by atoms with Crippen LogP contribution in [-0.4, -0.2) is 22.0 Å². The number of nitrogens with one attached hydrogen (secondary N) is 1. The molecular weight excluding hydrogens is 310 g/mol. The maximum Gasteiger partial charge on any atom is 0.251 e.